The van der Waals surface area contributed by atoms with Gasteiger partial charge < -0.3 is 4.74 Å². The number of hydrogen-bond donors (Lipinski definition) is 0. The number of aryl methyl sites for hydroxylation is 2. The van der Waals surface area contributed by atoms with E-state index in [4.69, 9.17) is 12.2 Å². The molecule has 1 fully saturated rings. The molecule has 0 spiro atoms. The molecule has 1 aliphatic rings. The number of methoxy groups -OCH3 is 1. The molecule has 4 nitrogen and oxygen atoms in total. The van der Waals surface area contributed by atoms with Crippen LogP contribution in [0, 0.1) is 13.8 Å². The van der Waals surface area contributed by atoms with Gasteiger partial charge in [-0.3, -0.25) is 9.69 Å². The fourth-order valence-corrected chi connectivity index (χ4v) is 3.84. The minimum Gasteiger partial charge on any atom is -0.465 e. The molecule has 0 unspecified atom stereocenters. The number of esters is 1. The summed E-state index contributed by atoms with van der Waals surface area (Å²) < 4.78 is 5.20. The number of ether oxygens (including phenoxy) is 1. The molecule has 0 atom stereocenters. The molecule has 0 aromatic heterocycles. The van der Waals surface area contributed by atoms with E-state index in [0.29, 0.717) is 14.8 Å². The van der Waals surface area contributed by atoms with Crippen molar-refractivity contribution in [3.8, 4) is 0 Å². The largest absolute Gasteiger partial charge is 0.465 e. The van der Waals surface area contributed by atoms with Crippen molar-refractivity contribution in [3.05, 3.63) is 69.6 Å². The van der Waals surface area contributed by atoms with Crippen LogP contribution in [0.3, 0.4) is 0 Å². The van der Waals surface area contributed by atoms with Crippen LogP contribution in [-0.4, -0.2) is 23.3 Å². The predicted molar refractivity (Wildman–Crippen MR) is 109 cm³/mol. The Morgan fingerprint density at radius 1 is 1.12 bits per heavy atom. The Kier molecular flexibility index (Phi) is 5.25. The van der Waals surface area contributed by atoms with Gasteiger partial charge in [-0.15, -0.1) is 0 Å². The highest BCUT2D eigenvalue weighted by molar-refractivity contribution is 8.27. The third kappa shape index (κ3) is 3.57. The molecule has 3 rings (SSSR count). The molecule has 0 N–H and O–H groups in total. The number of rotatable bonds is 3. The van der Waals surface area contributed by atoms with Crippen LogP contribution >= 0.6 is 24.0 Å². The standard InChI is InChI=1S/C20H17NO3S2/c1-12-4-9-16(10-13(12)2)21-18(22)17(26-20(21)25)11-14-5-7-15(8-6-14)19(23)24-3/h4-11H,1-3H3/b17-11+. The molecule has 2 aromatic carbocycles. The van der Waals surface area contributed by atoms with Crippen molar-refractivity contribution in [2.75, 3.05) is 12.0 Å². The van der Waals surface area contributed by atoms with Gasteiger partial charge in [-0.2, -0.15) is 0 Å². The number of amides is 1. The Labute approximate surface area is 161 Å². The summed E-state index contributed by atoms with van der Waals surface area (Å²) >= 11 is 6.68. The number of carbonyl (C=O) groups excluding carboxylic acids is 2. The molecular formula is C20H17NO3S2. The summed E-state index contributed by atoms with van der Waals surface area (Å²) in [6.07, 6.45) is 1.78. The fraction of sp³-hybridized carbons (Fsp3) is 0.150. The number of hydrogen-bond acceptors (Lipinski definition) is 5. The summed E-state index contributed by atoms with van der Waals surface area (Å²) in [7, 11) is 1.34. The third-order valence-electron chi connectivity index (χ3n) is 4.17. The first-order valence-electron chi connectivity index (χ1n) is 7.94. The lowest BCUT2D eigenvalue weighted by Crippen LogP contribution is -2.27. The van der Waals surface area contributed by atoms with E-state index in [1.165, 1.54) is 24.4 Å². The van der Waals surface area contributed by atoms with Gasteiger partial charge in [-0.25, -0.2) is 4.79 Å². The van der Waals surface area contributed by atoms with E-state index in [-0.39, 0.29) is 5.91 Å². The Balaban J connectivity index is 1.87. The van der Waals surface area contributed by atoms with Crippen molar-refractivity contribution in [1.29, 1.82) is 0 Å². The van der Waals surface area contributed by atoms with Gasteiger partial charge in [0.05, 0.1) is 23.3 Å². The number of carbonyl (C=O) groups is 2. The average molecular weight is 383 g/mol. The maximum Gasteiger partial charge on any atom is 0.337 e. The highest BCUT2D eigenvalue weighted by Crippen LogP contribution is 2.36. The molecule has 1 saturated heterocycles. The SMILES string of the molecule is COC(=O)c1ccc(/C=C2/SC(=S)N(c3ccc(C)c(C)c3)C2=O)cc1. The van der Waals surface area contributed by atoms with Crippen LogP contribution in [-0.2, 0) is 9.53 Å². The minimum atomic E-state index is -0.391. The maximum atomic E-state index is 12.8. The van der Waals surface area contributed by atoms with Gasteiger partial charge in [0.25, 0.3) is 5.91 Å². The quantitative estimate of drug-likeness (QED) is 0.444. The van der Waals surface area contributed by atoms with E-state index in [1.807, 2.05) is 32.0 Å². The Hall–Kier alpha value is -2.44. The third-order valence-corrected chi connectivity index (χ3v) is 5.47. The lowest BCUT2D eigenvalue weighted by Gasteiger charge is -2.15. The lowest BCUT2D eigenvalue weighted by molar-refractivity contribution is -0.113. The van der Waals surface area contributed by atoms with Crippen LogP contribution in [0.15, 0.2) is 47.4 Å². The summed E-state index contributed by atoms with van der Waals surface area (Å²) in [6, 6.07) is 12.7. The normalized spacial score (nSPS) is 15.7. The van der Waals surface area contributed by atoms with Crippen molar-refractivity contribution in [2.24, 2.45) is 0 Å². The molecule has 26 heavy (non-hydrogen) atoms. The Morgan fingerprint density at radius 3 is 2.42 bits per heavy atom. The first-order chi connectivity index (χ1) is 12.4. The molecule has 0 radical (unpaired) electrons. The van der Waals surface area contributed by atoms with E-state index in [9.17, 15) is 9.59 Å². The molecule has 1 heterocycles. The molecule has 2 aromatic rings. The van der Waals surface area contributed by atoms with Crippen LogP contribution in [0.2, 0.25) is 0 Å². The van der Waals surface area contributed by atoms with E-state index >= 15 is 0 Å². The molecule has 0 saturated carbocycles. The zero-order valence-electron chi connectivity index (χ0n) is 14.6. The summed E-state index contributed by atoms with van der Waals surface area (Å²) in [5.41, 5.74) is 4.34. The van der Waals surface area contributed by atoms with E-state index in [2.05, 4.69) is 4.74 Å². The van der Waals surface area contributed by atoms with Crippen molar-refractivity contribution in [3.63, 3.8) is 0 Å². The molecule has 1 amide bonds. The van der Waals surface area contributed by atoms with Crippen LogP contribution in [0.25, 0.3) is 6.08 Å². The summed E-state index contributed by atoms with van der Waals surface area (Å²) in [5.74, 6) is -0.530. The zero-order valence-corrected chi connectivity index (χ0v) is 16.2. The highest BCUT2D eigenvalue weighted by Gasteiger charge is 2.33. The van der Waals surface area contributed by atoms with Crippen LogP contribution in [0.1, 0.15) is 27.0 Å². The van der Waals surface area contributed by atoms with Gasteiger partial charge >= 0.3 is 5.97 Å². The lowest BCUT2D eigenvalue weighted by atomic mass is 10.1. The van der Waals surface area contributed by atoms with Crippen LogP contribution in [0.4, 0.5) is 5.69 Å². The van der Waals surface area contributed by atoms with Crippen LogP contribution in [0.5, 0.6) is 0 Å². The minimum absolute atomic E-state index is 0.139. The van der Waals surface area contributed by atoms with Crippen molar-refractivity contribution in [2.45, 2.75) is 13.8 Å². The summed E-state index contributed by atoms with van der Waals surface area (Å²) in [6.45, 7) is 4.04. The van der Waals surface area contributed by atoms with Gasteiger partial charge in [0.1, 0.15) is 0 Å². The number of anilines is 1. The van der Waals surface area contributed by atoms with E-state index in [0.717, 1.165) is 16.8 Å². The van der Waals surface area contributed by atoms with E-state index < -0.39 is 5.97 Å². The predicted octanol–water partition coefficient (Wildman–Crippen LogP) is 4.50. The second kappa shape index (κ2) is 7.43. The summed E-state index contributed by atoms with van der Waals surface area (Å²) in [4.78, 5) is 26.4. The van der Waals surface area contributed by atoms with Gasteiger partial charge in [0, 0.05) is 0 Å². The first-order valence-corrected chi connectivity index (χ1v) is 9.17. The zero-order chi connectivity index (χ0) is 18.8. The first kappa shape index (κ1) is 18.4. The molecule has 1 aliphatic heterocycles. The Bertz CT molecular complexity index is 933. The molecule has 0 aliphatic carbocycles. The van der Waals surface area contributed by atoms with Gasteiger partial charge in [0.15, 0.2) is 4.32 Å². The number of benzene rings is 2. The number of nitrogens with zero attached hydrogens (tertiary/aromatic N) is 1. The van der Waals surface area contributed by atoms with Gasteiger partial charge in [0.2, 0.25) is 0 Å². The smallest absolute Gasteiger partial charge is 0.337 e. The second-order valence-corrected chi connectivity index (χ2v) is 7.58. The molecule has 6 heteroatoms. The second-order valence-electron chi connectivity index (χ2n) is 5.90. The Morgan fingerprint density at radius 2 is 1.81 bits per heavy atom. The highest BCUT2D eigenvalue weighted by atomic mass is 32.2. The topological polar surface area (TPSA) is 46.6 Å². The number of thioether (sulfide) groups is 1. The van der Waals surface area contributed by atoms with E-state index in [1.54, 1.807) is 35.2 Å². The molecule has 0 bridgehead atoms. The number of thiocarbonyl (C=S) groups is 1. The average Bonchev–Trinajstić information content (AvgIpc) is 2.91. The maximum absolute atomic E-state index is 12.8. The van der Waals surface area contributed by atoms with Crippen LogP contribution < -0.4 is 4.90 Å². The fourth-order valence-electron chi connectivity index (χ4n) is 2.54. The van der Waals surface area contributed by atoms with Crippen molar-refractivity contribution in [1.82, 2.24) is 0 Å². The molecule has 132 valence electrons. The monoisotopic (exact) mass is 383 g/mol. The van der Waals surface area contributed by atoms with Crippen molar-refractivity contribution >= 4 is 51.9 Å². The van der Waals surface area contributed by atoms with Gasteiger partial charge in [-0.1, -0.05) is 42.2 Å². The van der Waals surface area contributed by atoms with Crippen molar-refractivity contribution < 1.29 is 14.3 Å². The summed E-state index contributed by atoms with van der Waals surface area (Å²) in [5, 5.41) is 0. The molecular weight excluding hydrogens is 366 g/mol. The van der Waals surface area contributed by atoms with Gasteiger partial charge in [-0.05, 0) is 60.9 Å².